The summed E-state index contributed by atoms with van der Waals surface area (Å²) in [6.07, 6.45) is 0. The minimum absolute atomic E-state index is 0.160. The van der Waals surface area contributed by atoms with Crippen LogP contribution in [-0.4, -0.2) is 6.61 Å². The summed E-state index contributed by atoms with van der Waals surface area (Å²) in [4.78, 5) is 0. The van der Waals surface area contributed by atoms with Gasteiger partial charge in [-0.3, -0.25) is 0 Å². The van der Waals surface area contributed by atoms with Gasteiger partial charge in [-0.2, -0.15) is 0 Å². The Morgan fingerprint density at radius 3 is 2.81 bits per heavy atom. The maximum absolute atomic E-state index is 5.88. The minimum atomic E-state index is -0.160. The van der Waals surface area contributed by atoms with Gasteiger partial charge in [0.2, 0.25) is 0 Å². The first-order chi connectivity index (χ1) is 7.54. The van der Waals surface area contributed by atoms with Crippen molar-refractivity contribution in [2.75, 3.05) is 6.61 Å². The van der Waals surface area contributed by atoms with E-state index in [1.54, 1.807) is 18.2 Å². The SMILES string of the molecule is C[C@@H](N)c1cc(Cl)ccc1OCC(Cl)=CCl. The third-order valence-electron chi connectivity index (χ3n) is 1.95. The number of hydrogen-bond donors (Lipinski definition) is 1. The monoisotopic (exact) mass is 279 g/mol. The van der Waals surface area contributed by atoms with Crippen molar-refractivity contribution in [3.8, 4) is 5.75 Å². The van der Waals surface area contributed by atoms with Crippen molar-refractivity contribution in [1.82, 2.24) is 0 Å². The molecule has 5 heteroatoms. The predicted molar refractivity (Wildman–Crippen MR) is 69.3 cm³/mol. The van der Waals surface area contributed by atoms with E-state index in [1.807, 2.05) is 6.92 Å². The highest BCUT2D eigenvalue weighted by molar-refractivity contribution is 6.36. The lowest BCUT2D eigenvalue weighted by Crippen LogP contribution is -2.08. The molecule has 1 atom stereocenters. The predicted octanol–water partition coefficient (Wildman–Crippen LogP) is 4.06. The Bertz CT molecular complexity index is 391. The van der Waals surface area contributed by atoms with Crippen molar-refractivity contribution in [1.29, 1.82) is 0 Å². The van der Waals surface area contributed by atoms with E-state index in [1.165, 1.54) is 5.54 Å². The quantitative estimate of drug-likeness (QED) is 0.903. The molecule has 1 aromatic carbocycles. The van der Waals surface area contributed by atoms with Crippen LogP contribution in [0.4, 0.5) is 0 Å². The summed E-state index contributed by atoms with van der Waals surface area (Å²) in [6.45, 7) is 2.07. The topological polar surface area (TPSA) is 35.2 Å². The van der Waals surface area contributed by atoms with E-state index in [4.69, 9.17) is 45.3 Å². The lowest BCUT2D eigenvalue weighted by molar-refractivity contribution is 0.353. The van der Waals surface area contributed by atoms with E-state index in [-0.39, 0.29) is 12.6 Å². The van der Waals surface area contributed by atoms with E-state index in [9.17, 15) is 0 Å². The second kappa shape index (κ2) is 6.36. The van der Waals surface area contributed by atoms with E-state index >= 15 is 0 Å². The number of ether oxygens (including phenoxy) is 1. The van der Waals surface area contributed by atoms with Gasteiger partial charge in [0.25, 0.3) is 0 Å². The van der Waals surface area contributed by atoms with Crippen LogP contribution in [0.15, 0.2) is 28.8 Å². The fourth-order valence-electron chi connectivity index (χ4n) is 1.18. The fourth-order valence-corrected chi connectivity index (χ4v) is 1.48. The van der Waals surface area contributed by atoms with Crippen molar-refractivity contribution in [2.45, 2.75) is 13.0 Å². The van der Waals surface area contributed by atoms with Gasteiger partial charge in [-0.1, -0.05) is 34.8 Å². The van der Waals surface area contributed by atoms with E-state index in [0.29, 0.717) is 15.8 Å². The van der Waals surface area contributed by atoms with Crippen molar-refractivity contribution >= 4 is 34.8 Å². The summed E-state index contributed by atoms with van der Waals surface area (Å²) in [7, 11) is 0. The minimum Gasteiger partial charge on any atom is -0.488 e. The van der Waals surface area contributed by atoms with Crippen LogP contribution in [0.5, 0.6) is 5.75 Å². The average molecular weight is 281 g/mol. The third-order valence-corrected chi connectivity index (χ3v) is 2.77. The molecule has 2 nitrogen and oxygen atoms in total. The molecule has 0 amide bonds. The highest BCUT2D eigenvalue weighted by Gasteiger charge is 2.09. The summed E-state index contributed by atoms with van der Waals surface area (Å²) < 4.78 is 5.48. The summed E-state index contributed by atoms with van der Waals surface area (Å²) in [5, 5.41) is 1.05. The van der Waals surface area contributed by atoms with Crippen molar-refractivity contribution in [3.63, 3.8) is 0 Å². The van der Waals surface area contributed by atoms with Crippen LogP contribution in [0.3, 0.4) is 0 Å². The van der Waals surface area contributed by atoms with Crippen LogP contribution in [0.25, 0.3) is 0 Å². The second-order valence-corrected chi connectivity index (χ2v) is 4.46. The summed E-state index contributed by atoms with van der Waals surface area (Å²) in [6, 6.07) is 5.12. The molecular formula is C11H12Cl3NO. The van der Waals surface area contributed by atoms with Crippen LogP contribution in [-0.2, 0) is 0 Å². The van der Waals surface area contributed by atoms with E-state index in [2.05, 4.69) is 0 Å². The molecule has 2 N–H and O–H groups in total. The molecule has 0 fully saturated rings. The molecule has 1 aromatic rings. The highest BCUT2D eigenvalue weighted by Crippen LogP contribution is 2.27. The molecule has 0 radical (unpaired) electrons. The first kappa shape index (κ1) is 13.7. The molecule has 0 saturated heterocycles. The molecule has 0 saturated carbocycles. The van der Waals surface area contributed by atoms with Crippen LogP contribution >= 0.6 is 34.8 Å². The standard InChI is InChI=1S/C11H12Cl3NO/c1-7(15)10-4-8(13)2-3-11(10)16-6-9(14)5-12/h2-5,7H,6,15H2,1H3/t7-/m1/s1. The highest BCUT2D eigenvalue weighted by atomic mass is 35.5. The fraction of sp³-hybridized carbons (Fsp3) is 0.273. The molecule has 0 aliphatic carbocycles. The Hall–Kier alpha value is -0.410. The first-order valence-electron chi connectivity index (χ1n) is 4.67. The Balaban J connectivity index is 2.87. The van der Waals surface area contributed by atoms with Crippen molar-refractivity contribution in [3.05, 3.63) is 39.4 Å². The maximum atomic E-state index is 5.88. The number of halogens is 3. The number of hydrogen-bond acceptors (Lipinski definition) is 2. The van der Waals surface area contributed by atoms with Crippen LogP contribution in [0, 0.1) is 0 Å². The van der Waals surface area contributed by atoms with E-state index in [0.717, 1.165) is 5.56 Å². The van der Waals surface area contributed by atoms with Crippen molar-refractivity contribution in [2.24, 2.45) is 5.73 Å². The Morgan fingerprint density at radius 1 is 1.56 bits per heavy atom. The smallest absolute Gasteiger partial charge is 0.125 e. The molecule has 0 unspecified atom stereocenters. The average Bonchev–Trinajstić information content (AvgIpc) is 2.26. The van der Waals surface area contributed by atoms with Gasteiger partial charge in [0.1, 0.15) is 12.4 Å². The largest absolute Gasteiger partial charge is 0.488 e. The normalized spacial score (nSPS) is 13.7. The van der Waals surface area contributed by atoms with Gasteiger partial charge in [-0.25, -0.2) is 0 Å². The summed E-state index contributed by atoms with van der Waals surface area (Å²) >= 11 is 17.0. The van der Waals surface area contributed by atoms with Crippen molar-refractivity contribution < 1.29 is 4.74 Å². The lowest BCUT2D eigenvalue weighted by atomic mass is 10.1. The molecule has 0 spiro atoms. The zero-order valence-corrected chi connectivity index (χ0v) is 11.0. The molecular weight excluding hydrogens is 268 g/mol. The van der Waals surface area contributed by atoms with Gasteiger partial charge in [0.05, 0.1) is 5.03 Å². The van der Waals surface area contributed by atoms with Gasteiger partial charge in [-0.05, 0) is 25.1 Å². The first-order valence-corrected chi connectivity index (χ1v) is 5.86. The zero-order valence-electron chi connectivity index (χ0n) is 8.71. The molecule has 0 aliphatic heterocycles. The molecule has 0 aliphatic rings. The molecule has 1 rings (SSSR count). The van der Waals surface area contributed by atoms with Gasteiger partial charge in [0.15, 0.2) is 0 Å². The van der Waals surface area contributed by atoms with Gasteiger partial charge in [0, 0.05) is 22.2 Å². The number of rotatable bonds is 4. The van der Waals surface area contributed by atoms with Crippen LogP contribution in [0.1, 0.15) is 18.5 Å². The molecule has 0 heterocycles. The summed E-state index contributed by atoms with van der Waals surface area (Å²) in [5.74, 6) is 0.663. The maximum Gasteiger partial charge on any atom is 0.125 e. The Kier molecular flexibility index (Phi) is 5.42. The number of nitrogens with two attached hydrogens (primary N) is 1. The molecule has 16 heavy (non-hydrogen) atoms. The third kappa shape index (κ3) is 3.87. The van der Waals surface area contributed by atoms with Gasteiger partial charge >= 0.3 is 0 Å². The van der Waals surface area contributed by atoms with Crippen LogP contribution in [0.2, 0.25) is 5.02 Å². The molecule has 0 bridgehead atoms. The molecule has 88 valence electrons. The zero-order chi connectivity index (χ0) is 12.1. The van der Waals surface area contributed by atoms with E-state index < -0.39 is 0 Å². The lowest BCUT2D eigenvalue weighted by Gasteiger charge is -2.13. The second-order valence-electron chi connectivity index (χ2n) is 3.32. The Labute approximate surface area is 110 Å². The van der Waals surface area contributed by atoms with Crippen LogP contribution < -0.4 is 10.5 Å². The Morgan fingerprint density at radius 2 is 2.25 bits per heavy atom. The van der Waals surface area contributed by atoms with Gasteiger partial charge in [-0.15, -0.1) is 0 Å². The molecule has 0 aromatic heterocycles. The van der Waals surface area contributed by atoms with Gasteiger partial charge < -0.3 is 10.5 Å². The summed E-state index contributed by atoms with van der Waals surface area (Å²) in [5.41, 5.74) is 7.92. The number of benzene rings is 1.